The van der Waals surface area contributed by atoms with Gasteiger partial charge in [-0.1, -0.05) is 65.9 Å². The molecule has 0 saturated carbocycles. The van der Waals surface area contributed by atoms with Crippen molar-refractivity contribution < 1.29 is 4.79 Å². The summed E-state index contributed by atoms with van der Waals surface area (Å²) in [6, 6.07) is 16.8. The van der Waals surface area contributed by atoms with Gasteiger partial charge in [0.05, 0.1) is 11.3 Å². The second-order valence-electron chi connectivity index (χ2n) is 7.88. The van der Waals surface area contributed by atoms with Gasteiger partial charge in [0, 0.05) is 18.4 Å². The van der Waals surface area contributed by atoms with Gasteiger partial charge in [0.1, 0.15) is 0 Å². The number of benzene rings is 2. The van der Waals surface area contributed by atoms with Gasteiger partial charge in [0.2, 0.25) is 5.16 Å². The van der Waals surface area contributed by atoms with Crippen molar-refractivity contribution in [1.82, 2.24) is 19.6 Å². The monoisotopic (exact) mass is 414 g/mol. The molecule has 0 radical (unpaired) electrons. The number of hydrogen-bond donors (Lipinski definition) is 0. The Morgan fingerprint density at radius 3 is 2.80 bits per heavy atom. The van der Waals surface area contributed by atoms with Gasteiger partial charge in [0.15, 0.2) is 5.78 Å². The van der Waals surface area contributed by atoms with Gasteiger partial charge in [-0.15, -0.1) is 5.10 Å². The smallest absolute Gasteiger partial charge is 0.253 e. The van der Waals surface area contributed by atoms with E-state index in [4.69, 9.17) is 5.10 Å². The van der Waals surface area contributed by atoms with E-state index in [9.17, 15) is 4.79 Å². The highest BCUT2D eigenvalue weighted by Crippen LogP contribution is 2.33. The van der Waals surface area contributed by atoms with Crippen LogP contribution >= 0.6 is 11.8 Å². The lowest BCUT2D eigenvalue weighted by Gasteiger charge is -2.24. The number of fused-ring (bicyclic) bond motifs is 3. The Kier molecular flexibility index (Phi) is 4.87. The molecule has 0 bridgehead atoms. The lowest BCUT2D eigenvalue weighted by molar-refractivity contribution is 0.0962. The quantitative estimate of drug-likeness (QED) is 0.442. The average Bonchev–Trinajstić information content (AvgIpc) is 3.17. The standard InChI is InChI=1S/C24H22N4OS/c1-15-6-5-9-17(10-15)19-11-21-20(22(29)12-19)13-25-23-26-24(27-28(21)23)30-14-18-8-4-3-7-16(18)2/h3-10,13,19H,11-12,14H2,1-2H3. The Labute approximate surface area is 179 Å². The molecule has 0 aliphatic heterocycles. The normalized spacial score (nSPS) is 16.1. The van der Waals surface area contributed by atoms with Gasteiger partial charge in [-0.05, 0) is 42.9 Å². The molecule has 1 aliphatic carbocycles. The van der Waals surface area contributed by atoms with Crippen LogP contribution in [0.15, 0.2) is 59.9 Å². The second-order valence-corrected chi connectivity index (χ2v) is 8.82. The molecule has 0 saturated heterocycles. The minimum atomic E-state index is 0.127. The molecule has 30 heavy (non-hydrogen) atoms. The summed E-state index contributed by atoms with van der Waals surface area (Å²) in [4.78, 5) is 21.8. The highest BCUT2D eigenvalue weighted by atomic mass is 32.2. The molecule has 0 fully saturated rings. The second kappa shape index (κ2) is 7.69. The zero-order valence-corrected chi connectivity index (χ0v) is 17.8. The average molecular weight is 415 g/mol. The highest BCUT2D eigenvalue weighted by Gasteiger charge is 2.29. The Morgan fingerprint density at radius 2 is 1.97 bits per heavy atom. The van der Waals surface area contributed by atoms with Gasteiger partial charge in [-0.25, -0.2) is 4.98 Å². The van der Waals surface area contributed by atoms with E-state index in [1.807, 2.05) is 6.07 Å². The van der Waals surface area contributed by atoms with Crippen LogP contribution in [0.4, 0.5) is 0 Å². The van der Waals surface area contributed by atoms with Crippen molar-refractivity contribution in [2.75, 3.05) is 0 Å². The number of aryl methyl sites for hydroxylation is 2. The van der Waals surface area contributed by atoms with E-state index in [0.29, 0.717) is 22.9 Å². The van der Waals surface area contributed by atoms with Crippen LogP contribution < -0.4 is 0 Å². The Bertz CT molecular complexity index is 1260. The van der Waals surface area contributed by atoms with E-state index in [2.05, 4.69) is 66.3 Å². The van der Waals surface area contributed by atoms with Crippen molar-refractivity contribution in [3.05, 3.63) is 88.2 Å². The first kappa shape index (κ1) is 19.0. The molecule has 1 atom stereocenters. The zero-order chi connectivity index (χ0) is 20.7. The number of nitrogens with zero attached hydrogens (tertiary/aromatic N) is 4. The van der Waals surface area contributed by atoms with E-state index in [-0.39, 0.29) is 11.7 Å². The molecule has 2 aromatic carbocycles. The number of Topliss-reactive ketones (excluding diaryl/α,β-unsaturated/α-hetero) is 1. The molecule has 0 amide bonds. The Morgan fingerprint density at radius 1 is 1.10 bits per heavy atom. The lowest BCUT2D eigenvalue weighted by atomic mass is 9.82. The predicted molar refractivity (Wildman–Crippen MR) is 118 cm³/mol. The van der Waals surface area contributed by atoms with Crippen molar-refractivity contribution in [1.29, 1.82) is 0 Å². The van der Waals surface area contributed by atoms with E-state index >= 15 is 0 Å². The number of carbonyl (C=O) groups excluding carboxylic acids is 1. The van der Waals surface area contributed by atoms with Gasteiger partial charge in [-0.3, -0.25) is 4.79 Å². The summed E-state index contributed by atoms with van der Waals surface area (Å²) in [7, 11) is 0. The first-order valence-electron chi connectivity index (χ1n) is 10.1. The molecule has 6 heteroatoms. The van der Waals surface area contributed by atoms with Crippen LogP contribution in [0.3, 0.4) is 0 Å². The topological polar surface area (TPSA) is 60.2 Å². The lowest BCUT2D eigenvalue weighted by Crippen LogP contribution is -2.22. The summed E-state index contributed by atoms with van der Waals surface area (Å²) < 4.78 is 1.77. The van der Waals surface area contributed by atoms with Crippen molar-refractivity contribution in [3.8, 4) is 0 Å². The summed E-state index contributed by atoms with van der Waals surface area (Å²) in [5.74, 6) is 1.64. The third kappa shape index (κ3) is 3.52. The fourth-order valence-electron chi connectivity index (χ4n) is 4.06. The molecular formula is C24H22N4OS. The van der Waals surface area contributed by atoms with Crippen LogP contribution in [-0.4, -0.2) is 25.4 Å². The summed E-state index contributed by atoms with van der Waals surface area (Å²) in [5, 5.41) is 5.39. The fraction of sp³-hybridized carbons (Fsp3) is 0.250. The summed E-state index contributed by atoms with van der Waals surface area (Å²) in [6.07, 6.45) is 2.94. The van der Waals surface area contributed by atoms with Crippen LogP contribution in [0.1, 0.15) is 50.6 Å². The third-order valence-corrected chi connectivity index (χ3v) is 6.64. The van der Waals surface area contributed by atoms with E-state index in [0.717, 1.165) is 17.9 Å². The number of hydrogen-bond acceptors (Lipinski definition) is 5. The van der Waals surface area contributed by atoms with Crippen molar-refractivity contribution >= 4 is 23.3 Å². The predicted octanol–water partition coefficient (Wildman–Crippen LogP) is 4.95. The first-order chi connectivity index (χ1) is 14.6. The minimum Gasteiger partial charge on any atom is -0.294 e. The van der Waals surface area contributed by atoms with Crippen LogP contribution in [0, 0.1) is 13.8 Å². The molecular weight excluding hydrogens is 392 g/mol. The van der Waals surface area contributed by atoms with Crippen LogP contribution in [0.5, 0.6) is 0 Å². The van der Waals surface area contributed by atoms with Gasteiger partial charge >= 0.3 is 0 Å². The van der Waals surface area contributed by atoms with E-state index in [1.54, 1.807) is 22.5 Å². The zero-order valence-electron chi connectivity index (χ0n) is 17.0. The first-order valence-corrected chi connectivity index (χ1v) is 11.1. The molecule has 2 aromatic heterocycles. The maximum atomic E-state index is 12.8. The maximum Gasteiger partial charge on any atom is 0.253 e. The molecule has 5 rings (SSSR count). The Balaban J connectivity index is 1.47. The SMILES string of the molecule is Cc1cccc(C2CC(=O)c3cnc4nc(SCc5ccccc5C)nn4c3C2)c1. The van der Waals surface area contributed by atoms with Gasteiger partial charge < -0.3 is 0 Å². The van der Waals surface area contributed by atoms with Crippen LogP contribution in [0.25, 0.3) is 5.78 Å². The molecule has 1 unspecified atom stereocenters. The Hall–Kier alpha value is -2.99. The molecule has 0 N–H and O–H groups in total. The number of ketones is 1. The largest absolute Gasteiger partial charge is 0.294 e. The van der Waals surface area contributed by atoms with Gasteiger partial charge in [-0.2, -0.15) is 9.50 Å². The van der Waals surface area contributed by atoms with Crippen molar-refractivity contribution in [3.63, 3.8) is 0 Å². The maximum absolute atomic E-state index is 12.8. The molecule has 4 aromatic rings. The number of thioether (sulfide) groups is 1. The molecule has 150 valence electrons. The van der Waals surface area contributed by atoms with Crippen LogP contribution in [0.2, 0.25) is 0 Å². The summed E-state index contributed by atoms with van der Waals surface area (Å²) in [5.41, 5.74) is 6.53. The molecule has 5 nitrogen and oxygen atoms in total. The summed E-state index contributed by atoms with van der Waals surface area (Å²) in [6.45, 7) is 4.20. The van der Waals surface area contributed by atoms with Crippen LogP contribution in [-0.2, 0) is 12.2 Å². The van der Waals surface area contributed by atoms with Crippen molar-refractivity contribution in [2.24, 2.45) is 0 Å². The molecule has 1 aliphatic rings. The number of carbonyl (C=O) groups is 1. The molecule has 0 spiro atoms. The third-order valence-electron chi connectivity index (χ3n) is 5.75. The number of rotatable bonds is 4. The number of aromatic nitrogens is 4. The molecule has 2 heterocycles. The van der Waals surface area contributed by atoms with E-state index in [1.165, 1.54) is 22.3 Å². The van der Waals surface area contributed by atoms with Crippen molar-refractivity contribution in [2.45, 2.75) is 43.5 Å². The van der Waals surface area contributed by atoms with E-state index < -0.39 is 0 Å². The minimum absolute atomic E-state index is 0.127. The fourth-order valence-corrected chi connectivity index (χ4v) is 4.96. The summed E-state index contributed by atoms with van der Waals surface area (Å²) >= 11 is 1.60. The highest BCUT2D eigenvalue weighted by molar-refractivity contribution is 7.98. The van der Waals surface area contributed by atoms with Gasteiger partial charge in [0.25, 0.3) is 5.78 Å².